The fourth-order valence-corrected chi connectivity index (χ4v) is 2.78. The van der Waals surface area contributed by atoms with Crippen LogP contribution in [0.4, 0.5) is 0 Å². The summed E-state index contributed by atoms with van der Waals surface area (Å²) >= 11 is 11.9. The van der Waals surface area contributed by atoms with Crippen LogP contribution in [0.5, 0.6) is 0 Å². The van der Waals surface area contributed by atoms with Gasteiger partial charge in [0.1, 0.15) is 0 Å². The minimum Gasteiger partial charge on any atom is -0.481 e. The Kier molecular flexibility index (Phi) is 3.50. The van der Waals surface area contributed by atoms with E-state index >= 15 is 0 Å². The molecule has 2 atom stereocenters. The zero-order valence-corrected chi connectivity index (χ0v) is 11.1. The van der Waals surface area contributed by atoms with Gasteiger partial charge in [0, 0.05) is 23.5 Å². The molecule has 1 heterocycles. The maximum atomic E-state index is 11.6. The van der Waals surface area contributed by atoms with Crippen molar-refractivity contribution < 1.29 is 14.7 Å². The molecule has 0 bridgehead atoms. The third-order valence-corrected chi connectivity index (χ3v) is 3.75. The molecule has 0 unspecified atom stereocenters. The molecule has 0 saturated carbocycles. The quantitative estimate of drug-likeness (QED) is 0.910. The molecular formula is C12H11Cl2NO3. The van der Waals surface area contributed by atoms with E-state index in [2.05, 4.69) is 0 Å². The SMILES string of the molecule is CN1C(=O)C[C@@H](C(=O)O)[C@@H]1c1ccc(Cl)cc1Cl. The highest BCUT2D eigenvalue weighted by Crippen LogP contribution is 2.40. The maximum absolute atomic E-state index is 11.6. The molecule has 0 spiro atoms. The smallest absolute Gasteiger partial charge is 0.309 e. The molecule has 0 aromatic heterocycles. The monoisotopic (exact) mass is 287 g/mol. The van der Waals surface area contributed by atoms with Gasteiger partial charge in [-0.2, -0.15) is 0 Å². The number of nitrogens with zero attached hydrogens (tertiary/aromatic N) is 1. The molecule has 1 aliphatic rings. The largest absolute Gasteiger partial charge is 0.481 e. The lowest BCUT2D eigenvalue weighted by molar-refractivity contribution is -0.142. The highest BCUT2D eigenvalue weighted by Gasteiger charge is 2.43. The molecule has 1 amide bonds. The molecule has 1 aromatic carbocycles. The molecule has 0 radical (unpaired) electrons. The fourth-order valence-electron chi connectivity index (χ4n) is 2.26. The Hall–Kier alpha value is -1.26. The second kappa shape index (κ2) is 4.78. The first-order chi connectivity index (χ1) is 8.41. The van der Waals surface area contributed by atoms with Crippen LogP contribution in [0.25, 0.3) is 0 Å². The molecule has 1 aliphatic heterocycles. The number of carbonyl (C=O) groups is 2. The van der Waals surface area contributed by atoms with Crippen LogP contribution in [0.2, 0.25) is 10.0 Å². The lowest BCUT2D eigenvalue weighted by atomic mass is 9.94. The van der Waals surface area contributed by atoms with E-state index in [0.717, 1.165) is 0 Å². The van der Waals surface area contributed by atoms with Gasteiger partial charge in [0.2, 0.25) is 5.91 Å². The molecule has 18 heavy (non-hydrogen) atoms. The third-order valence-electron chi connectivity index (χ3n) is 3.18. The van der Waals surface area contributed by atoms with E-state index in [4.69, 9.17) is 23.2 Å². The molecule has 1 aromatic rings. The molecule has 1 saturated heterocycles. The topological polar surface area (TPSA) is 57.6 Å². The number of amides is 1. The normalized spacial score (nSPS) is 23.5. The summed E-state index contributed by atoms with van der Waals surface area (Å²) < 4.78 is 0. The van der Waals surface area contributed by atoms with Crippen molar-refractivity contribution in [3.05, 3.63) is 33.8 Å². The molecule has 4 nitrogen and oxygen atoms in total. The third kappa shape index (κ3) is 2.18. The van der Waals surface area contributed by atoms with E-state index in [9.17, 15) is 14.7 Å². The summed E-state index contributed by atoms with van der Waals surface area (Å²) in [4.78, 5) is 24.3. The first-order valence-corrected chi connectivity index (χ1v) is 6.11. The number of rotatable bonds is 2. The second-order valence-corrected chi connectivity index (χ2v) is 5.11. The Morgan fingerprint density at radius 1 is 1.44 bits per heavy atom. The van der Waals surface area contributed by atoms with Gasteiger partial charge in [-0.15, -0.1) is 0 Å². The van der Waals surface area contributed by atoms with Crippen molar-refractivity contribution in [1.29, 1.82) is 0 Å². The van der Waals surface area contributed by atoms with Crippen molar-refractivity contribution in [2.75, 3.05) is 7.05 Å². The number of benzene rings is 1. The Balaban J connectivity index is 2.46. The van der Waals surface area contributed by atoms with Crippen molar-refractivity contribution in [3.63, 3.8) is 0 Å². The highest BCUT2D eigenvalue weighted by molar-refractivity contribution is 6.35. The van der Waals surface area contributed by atoms with Gasteiger partial charge < -0.3 is 10.0 Å². The van der Waals surface area contributed by atoms with E-state index in [0.29, 0.717) is 15.6 Å². The number of carboxylic acid groups (broad SMARTS) is 1. The van der Waals surface area contributed by atoms with Crippen LogP contribution in [-0.4, -0.2) is 28.9 Å². The second-order valence-electron chi connectivity index (χ2n) is 4.26. The Morgan fingerprint density at radius 3 is 2.67 bits per heavy atom. The predicted molar refractivity (Wildman–Crippen MR) is 67.7 cm³/mol. The van der Waals surface area contributed by atoms with Gasteiger partial charge >= 0.3 is 5.97 Å². The molecule has 6 heteroatoms. The van der Waals surface area contributed by atoms with E-state index in [-0.39, 0.29) is 12.3 Å². The minimum atomic E-state index is -0.997. The van der Waals surface area contributed by atoms with Crippen LogP contribution in [-0.2, 0) is 9.59 Å². The van der Waals surface area contributed by atoms with Crippen LogP contribution in [0.1, 0.15) is 18.0 Å². The van der Waals surface area contributed by atoms with Crippen molar-refractivity contribution in [2.45, 2.75) is 12.5 Å². The number of carboxylic acids is 1. The Bertz CT molecular complexity index is 518. The average molecular weight is 288 g/mol. The summed E-state index contributed by atoms with van der Waals surface area (Å²) in [6.07, 6.45) is -0.00451. The Labute approximate surface area is 114 Å². The summed E-state index contributed by atoms with van der Waals surface area (Å²) in [5.41, 5.74) is 0.613. The zero-order valence-electron chi connectivity index (χ0n) is 9.56. The van der Waals surface area contributed by atoms with Gasteiger partial charge in [0.15, 0.2) is 0 Å². The fraction of sp³-hybridized carbons (Fsp3) is 0.333. The predicted octanol–water partition coefficient (Wildman–Crippen LogP) is 2.60. The summed E-state index contributed by atoms with van der Waals surface area (Å²) in [5, 5.41) is 10.0. The van der Waals surface area contributed by atoms with Crippen LogP contribution in [0.3, 0.4) is 0 Å². The van der Waals surface area contributed by atoms with E-state index in [1.165, 1.54) is 4.90 Å². The molecule has 0 aliphatic carbocycles. The first kappa shape index (κ1) is 13.2. The summed E-state index contributed by atoms with van der Waals surface area (Å²) in [5.74, 6) is -1.97. The van der Waals surface area contributed by atoms with Gasteiger partial charge in [-0.3, -0.25) is 9.59 Å². The maximum Gasteiger partial charge on any atom is 0.309 e. The lowest BCUT2D eigenvalue weighted by Crippen LogP contribution is -2.27. The number of hydrogen-bond acceptors (Lipinski definition) is 2. The van der Waals surface area contributed by atoms with Crippen molar-refractivity contribution in [3.8, 4) is 0 Å². The first-order valence-electron chi connectivity index (χ1n) is 5.35. The molecule has 1 fully saturated rings. The van der Waals surface area contributed by atoms with Gasteiger partial charge in [-0.1, -0.05) is 29.3 Å². The van der Waals surface area contributed by atoms with E-state index in [1.807, 2.05) is 0 Å². The van der Waals surface area contributed by atoms with Gasteiger partial charge in [-0.05, 0) is 17.7 Å². The number of carbonyl (C=O) groups excluding carboxylic acids is 1. The summed E-state index contributed by atoms with van der Waals surface area (Å²) in [7, 11) is 1.58. The highest BCUT2D eigenvalue weighted by atomic mass is 35.5. The van der Waals surface area contributed by atoms with Gasteiger partial charge in [-0.25, -0.2) is 0 Å². The number of likely N-dealkylation sites (tertiary alicyclic amines) is 1. The van der Waals surface area contributed by atoms with Crippen LogP contribution < -0.4 is 0 Å². The average Bonchev–Trinajstić information content (AvgIpc) is 2.57. The van der Waals surface area contributed by atoms with E-state index in [1.54, 1.807) is 25.2 Å². The number of hydrogen-bond donors (Lipinski definition) is 1. The molecule has 1 N–H and O–H groups in total. The van der Waals surface area contributed by atoms with Gasteiger partial charge in [0.25, 0.3) is 0 Å². The van der Waals surface area contributed by atoms with Gasteiger partial charge in [0.05, 0.1) is 12.0 Å². The lowest BCUT2D eigenvalue weighted by Gasteiger charge is -2.24. The van der Waals surface area contributed by atoms with Crippen molar-refractivity contribution in [2.24, 2.45) is 5.92 Å². The van der Waals surface area contributed by atoms with Crippen LogP contribution in [0.15, 0.2) is 18.2 Å². The minimum absolute atomic E-state index is 0.00451. The molecule has 2 rings (SSSR count). The van der Waals surface area contributed by atoms with Crippen molar-refractivity contribution in [1.82, 2.24) is 4.90 Å². The number of halogens is 2. The summed E-state index contributed by atoms with van der Waals surface area (Å²) in [6, 6.07) is 4.31. The molecular weight excluding hydrogens is 277 g/mol. The number of aliphatic carboxylic acids is 1. The van der Waals surface area contributed by atoms with Crippen LogP contribution >= 0.6 is 23.2 Å². The van der Waals surface area contributed by atoms with Crippen LogP contribution in [0, 0.1) is 5.92 Å². The standard InChI is InChI=1S/C12H11Cl2NO3/c1-15-10(16)5-8(12(17)18)11(15)7-3-2-6(13)4-9(7)14/h2-4,8,11H,5H2,1H3,(H,17,18)/t8-,11+/m1/s1. The zero-order chi connectivity index (χ0) is 13.4. The van der Waals surface area contributed by atoms with E-state index < -0.39 is 17.9 Å². The molecule has 96 valence electrons. The Morgan fingerprint density at radius 2 is 2.11 bits per heavy atom. The van der Waals surface area contributed by atoms with Crippen molar-refractivity contribution >= 4 is 35.1 Å². The summed E-state index contributed by atoms with van der Waals surface area (Å²) in [6.45, 7) is 0.